The van der Waals surface area contributed by atoms with Crippen LogP contribution in [-0.4, -0.2) is 11.1 Å². The third-order valence-corrected chi connectivity index (χ3v) is 3.59. The highest BCUT2D eigenvalue weighted by Crippen LogP contribution is 2.42. The van der Waals surface area contributed by atoms with Crippen LogP contribution < -0.4 is 5.73 Å². The standard InChI is InChI=1S/C13H16F3NO/c14-13(15,16)11-4-2-1-3-10(11)12(18)7-5-9(17)6-8-12/h1-4,9,18H,5-8,17H2. The highest BCUT2D eigenvalue weighted by Gasteiger charge is 2.41. The topological polar surface area (TPSA) is 46.2 Å². The van der Waals surface area contributed by atoms with Crippen molar-refractivity contribution in [2.75, 3.05) is 0 Å². The highest BCUT2D eigenvalue weighted by atomic mass is 19.4. The van der Waals surface area contributed by atoms with Crippen molar-refractivity contribution in [3.8, 4) is 0 Å². The maximum atomic E-state index is 12.9. The van der Waals surface area contributed by atoms with Crippen LogP contribution in [0.4, 0.5) is 13.2 Å². The van der Waals surface area contributed by atoms with Crippen LogP contribution in [0.25, 0.3) is 0 Å². The predicted octanol–water partition coefficient (Wildman–Crippen LogP) is 2.79. The molecule has 0 aliphatic heterocycles. The molecule has 0 radical (unpaired) electrons. The first-order chi connectivity index (χ1) is 8.33. The minimum absolute atomic E-state index is 0.0237. The quantitative estimate of drug-likeness (QED) is 0.814. The van der Waals surface area contributed by atoms with Gasteiger partial charge in [-0.25, -0.2) is 0 Å². The third-order valence-electron chi connectivity index (χ3n) is 3.59. The minimum Gasteiger partial charge on any atom is -0.385 e. The first kappa shape index (κ1) is 13.4. The summed E-state index contributed by atoms with van der Waals surface area (Å²) in [5, 5.41) is 10.4. The van der Waals surface area contributed by atoms with E-state index in [-0.39, 0.29) is 24.4 Å². The zero-order chi connectivity index (χ0) is 13.4. The van der Waals surface area contributed by atoms with Crippen molar-refractivity contribution in [1.29, 1.82) is 0 Å². The molecule has 0 aromatic heterocycles. The molecule has 0 spiro atoms. The predicted molar refractivity (Wildman–Crippen MR) is 61.8 cm³/mol. The molecule has 1 saturated carbocycles. The molecule has 18 heavy (non-hydrogen) atoms. The molecule has 3 N–H and O–H groups in total. The zero-order valence-corrected chi connectivity index (χ0v) is 9.87. The number of hydrogen-bond donors (Lipinski definition) is 2. The Morgan fingerprint density at radius 2 is 1.72 bits per heavy atom. The van der Waals surface area contributed by atoms with Gasteiger partial charge in [-0.05, 0) is 37.3 Å². The highest BCUT2D eigenvalue weighted by molar-refractivity contribution is 5.35. The van der Waals surface area contributed by atoms with E-state index < -0.39 is 17.3 Å². The summed E-state index contributed by atoms with van der Waals surface area (Å²) in [5.74, 6) is 0. The largest absolute Gasteiger partial charge is 0.416 e. The maximum absolute atomic E-state index is 12.9. The summed E-state index contributed by atoms with van der Waals surface area (Å²) in [6.45, 7) is 0. The number of rotatable bonds is 1. The molecule has 1 fully saturated rings. The van der Waals surface area contributed by atoms with Gasteiger partial charge in [0.1, 0.15) is 0 Å². The average Bonchev–Trinajstić information content (AvgIpc) is 2.32. The van der Waals surface area contributed by atoms with Gasteiger partial charge in [0.25, 0.3) is 0 Å². The van der Waals surface area contributed by atoms with Crippen molar-refractivity contribution >= 4 is 0 Å². The van der Waals surface area contributed by atoms with Gasteiger partial charge in [0.2, 0.25) is 0 Å². The Labute approximate surface area is 104 Å². The van der Waals surface area contributed by atoms with Crippen LogP contribution in [0.2, 0.25) is 0 Å². The van der Waals surface area contributed by atoms with E-state index in [2.05, 4.69) is 0 Å². The fourth-order valence-corrected chi connectivity index (χ4v) is 2.52. The van der Waals surface area contributed by atoms with Crippen LogP contribution in [0.15, 0.2) is 24.3 Å². The van der Waals surface area contributed by atoms with Gasteiger partial charge < -0.3 is 10.8 Å². The summed E-state index contributed by atoms with van der Waals surface area (Å²) in [4.78, 5) is 0. The first-order valence-electron chi connectivity index (χ1n) is 5.97. The summed E-state index contributed by atoms with van der Waals surface area (Å²) in [5.41, 5.74) is 3.55. The molecule has 2 nitrogen and oxygen atoms in total. The molecule has 0 atom stereocenters. The Hall–Kier alpha value is -1.07. The lowest BCUT2D eigenvalue weighted by atomic mass is 9.76. The molecule has 1 aromatic carbocycles. The van der Waals surface area contributed by atoms with Gasteiger partial charge in [-0.15, -0.1) is 0 Å². The fraction of sp³-hybridized carbons (Fsp3) is 0.538. The number of hydrogen-bond acceptors (Lipinski definition) is 2. The number of alkyl halides is 3. The normalized spacial score (nSPS) is 29.3. The molecule has 0 heterocycles. The zero-order valence-electron chi connectivity index (χ0n) is 9.87. The van der Waals surface area contributed by atoms with Crippen LogP contribution in [0.1, 0.15) is 36.8 Å². The van der Waals surface area contributed by atoms with Gasteiger partial charge in [-0.3, -0.25) is 0 Å². The minimum atomic E-state index is -4.44. The van der Waals surface area contributed by atoms with Gasteiger partial charge in [0, 0.05) is 6.04 Å². The molecule has 0 bridgehead atoms. The van der Waals surface area contributed by atoms with Crippen molar-refractivity contribution in [2.24, 2.45) is 5.73 Å². The van der Waals surface area contributed by atoms with Crippen molar-refractivity contribution in [1.82, 2.24) is 0 Å². The van der Waals surface area contributed by atoms with E-state index in [1.807, 2.05) is 0 Å². The van der Waals surface area contributed by atoms with E-state index in [0.29, 0.717) is 12.8 Å². The van der Waals surface area contributed by atoms with E-state index in [1.165, 1.54) is 18.2 Å². The van der Waals surface area contributed by atoms with Crippen molar-refractivity contribution < 1.29 is 18.3 Å². The van der Waals surface area contributed by atoms with Crippen molar-refractivity contribution in [2.45, 2.75) is 43.5 Å². The Bertz CT molecular complexity index is 422. The lowest BCUT2D eigenvalue weighted by Crippen LogP contribution is -2.38. The maximum Gasteiger partial charge on any atom is 0.416 e. The fourth-order valence-electron chi connectivity index (χ4n) is 2.52. The van der Waals surface area contributed by atoms with Gasteiger partial charge in [-0.1, -0.05) is 18.2 Å². The summed E-state index contributed by atoms with van der Waals surface area (Å²) in [7, 11) is 0. The monoisotopic (exact) mass is 259 g/mol. The summed E-state index contributed by atoms with van der Waals surface area (Å²) >= 11 is 0. The van der Waals surface area contributed by atoms with Gasteiger partial charge in [-0.2, -0.15) is 13.2 Å². The molecule has 0 amide bonds. The molecular formula is C13H16F3NO. The molecule has 2 rings (SSSR count). The Balaban J connectivity index is 2.39. The molecule has 0 unspecified atom stereocenters. The SMILES string of the molecule is NC1CCC(O)(c2ccccc2C(F)(F)F)CC1. The van der Waals surface area contributed by atoms with Crippen molar-refractivity contribution in [3.05, 3.63) is 35.4 Å². The van der Waals surface area contributed by atoms with Crippen molar-refractivity contribution in [3.63, 3.8) is 0 Å². The second kappa shape index (κ2) is 4.55. The Morgan fingerprint density at radius 3 is 2.28 bits per heavy atom. The van der Waals surface area contributed by atoms with Crippen LogP contribution in [0, 0.1) is 0 Å². The lowest BCUT2D eigenvalue weighted by molar-refractivity contribution is -0.141. The van der Waals surface area contributed by atoms with Gasteiger partial charge >= 0.3 is 6.18 Å². The second-order valence-corrected chi connectivity index (χ2v) is 4.91. The van der Waals surface area contributed by atoms with Gasteiger partial charge in [0.15, 0.2) is 0 Å². The van der Waals surface area contributed by atoms with Gasteiger partial charge in [0.05, 0.1) is 11.2 Å². The second-order valence-electron chi connectivity index (χ2n) is 4.91. The Kier molecular flexibility index (Phi) is 3.38. The number of aliphatic hydroxyl groups is 1. The lowest BCUT2D eigenvalue weighted by Gasteiger charge is -2.36. The molecule has 0 saturated heterocycles. The molecule has 1 aromatic rings. The van der Waals surface area contributed by atoms with E-state index >= 15 is 0 Å². The number of benzene rings is 1. The van der Waals surface area contributed by atoms with E-state index in [9.17, 15) is 18.3 Å². The molecule has 5 heteroatoms. The van der Waals surface area contributed by atoms with Crippen LogP contribution in [0.5, 0.6) is 0 Å². The average molecular weight is 259 g/mol. The van der Waals surface area contributed by atoms with Crippen LogP contribution in [-0.2, 0) is 11.8 Å². The first-order valence-corrected chi connectivity index (χ1v) is 5.97. The van der Waals surface area contributed by atoms with Crippen LogP contribution in [0.3, 0.4) is 0 Å². The number of nitrogens with two attached hydrogens (primary N) is 1. The summed E-state index contributed by atoms with van der Waals surface area (Å²) < 4.78 is 38.7. The molecule has 1 aliphatic carbocycles. The summed E-state index contributed by atoms with van der Waals surface area (Å²) in [6.07, 6.45) is -2.79. The molecule has 100 valence electrons. The van der Waals surface area contributed by atoms with E-state index in [1.54, 1.807) is 0 Å². The molecule has 1 aliphatic rings. The van der Waals surface area contributed by atoms with E-state index in [0.717, 1.165) is 6.07 Å². The molecular weight excluding hydrogens is 243 g/mol. The summed E-state index contributed by atoms with van der Waals surface area (Å²) in [6, 6.07) is 5.21. The third kappa shape index (κ3) is 2.52. The van der Waals surface area contributed by atoms with Crippen LogP contribution >= 0.6 is 0 Å². The number of halogens is 3. The van der Waals surface area contributed by atoms with E-state index in [4.69, 9.17) is 5.73 Å². The Morgan fingerprint density at radius 1 is 1.17 bits per heavy atom. The smallest absolute Gasteiger partial charge is 0.385 e.